The van der Waals surface area contributed by atoms with Crippen LogP contribution in [0.5, 0.6) is 0 Å². The molecule has 0 aliphatic carbocycles. The Balaban J connectivity index is 1.79. The Labute approximate surface area is 121 Å². The van der Waals surface area contributed by atoms with Gasteiger partial charge in [0.05, 0.1) is 0 Å². The number of carbonyl (C=O) groups is 1. The number of rotatable bonds is 3. The largest absolute Gasteiger partial charge is 0.368 e. The molecule has 1 atom stereocenters. The molecule has 20 heavy (non-hydrogen) atoms. The average molecular weight is 289 g/mol. The monoisotopic (exact) mass is 289 g/mol. The number of benzene rings is 1. The van der Waals surface area contributed by atoms with Crippen molar-refractivity contribution in [1.82, 2.24) is 9.55 Å². The lowest BCUT2D eigenvalue weighted by molar-refractivity contribution is -0.124. The standard InChI is InChI=1S/C14H15N3O2S/c18-13(12-5-2-8-19-12)16-10-3-1-4-11(9-10)17-7-6-15-14(17)20/h1,3-4,6-7,9,12H,2,5,8H2,(H,15,20)(H,16,18). The van der Waals surface area contributed by atoms with Gasteiger partial charge in [0.1, 0.15) is 6.10 Å². The first kappa shape index (κ1) is 13.1. The van der Waals surface area contributed by atoms with E-state index in [9.17, 15) is 4.79 Å². The van der Waals surface area contributed by atoms with Crippen LogP contribution in [0.15, 0.2) is 36.7 Å². The first-order valence-corrected chi connectivity index (χ1v) is 6.94. The van der Waals surface area contributed by atoms with Crippen LogP contribution in [0.25, 0.3) is 5.69 Å². The van der Waals surface area contributed by atoms with E-state index in [0.29, 0.717) is 11.4 Å². The van der Waals surface area contributed by atoms with Crippen LogP contribution < -0.4 is 5.32 Å². The van der Waals surface area contributed by atoms with Gasteiger partial charge in [0.15, 0.2) is 4.77 Å². The highest BCUT2D eigenvalue weighted by Crippen LogP contribution is 2.18. The number of hydrogen-bond acceptors (Lipinski definition) is 3. The van der Waals surface area contributed by atoms with Crippen molar-refractivity contribution in [3.05, 3.63) is 41.4 Å². The van der Waals surface area contributed by atoms with Gasteiger partial charge < -0.3 is 15.0 Å². The van der Waals surface area contributed by atoms with Gasteiger partial charge in [0.25, 0.3) is 5.91 Å². The number of H-pyrrole nitrogens is 1. The fraction of sp³-hybridized carbons (Fsp3) is 0.286. The third-order valence-corrected chi connectivity index (χ3v) is 3.58. The van der Waals surface area contributed by atoms with Crippen molar-refractivity contribution in [2.75, 3.05) is 11.9 Å². The molecule has 104 valence electrons. The summed E-state index contributed by atoms with van der Waals surface area (Å²) in [6, 6.07) is 7.56. The third kappa shape index (κ3) is 2.66. The van der Waals surface area contributed by atoms with E-state index >= 15 is 0 Å². The number of carbonyl (C=O) groups excluding carboxylic acids is 1. The molecule has 3 rings (SSSR count). The van der Waals surface area contributed by atoms with Crippen LogP contribution in [0, 0.1) is 4.77 Å². The van der Waals surface area contributed by atoms with Gasteiger partial charge in [-0.2, -0.15) is 0 Å². The molecule has 1 aliphatic heterocycles. The second kappa shape index (κ2) is 5.60. The predicted octanol–water partition coefficient (Wildman–Crippen LogP) is 2.65. The van der Waals surface area contributed by atoms with Gasteiger partial charge in [-0.25, -0.2) is 0 Å². The van der Waals surface area contributed by atoms with Crippen LogP contribution in [0.1, 0.15) is 12.8 Å². The lowest BCUT2D eigenvalue weighted by atomic mass is 10.2. The normalized spacial score (nSPS) is 18.1. The zero-order valence-electron chi connectivity index (χ0n) is 10.8. The maximum Gasteiger partial charge on any atom is 0.253 e. The van der Waals surface area contributed by atoms with Gasteiger partial charge in [-0.3, -0.25) is 9.36 Å². The molecule has 1 saturated heterocycles. The Bertz CT molecular complexity index is 671. The zero-order chi connectivity index (χ0) is 13.9. The molecule has 1 aromatic heterocycles. The predicted molar refractivity (Wildman–Crippen MR) is 78.6 cm³/mol. The lowest BCUT2D eigenvalue weighted by Gasteiger charge is -2.11. The fourth-order valence-corrected chi connectivity index (χ4v) is 2.50. The van der Waals surface area contributed by atoms with Crippen LogP contribution >= 0.6 is 12.2 Å². The Morgan fingerprint density at radius 2 is 2.40 bits per heavy atom. The topological polar surface area (TPSA) is 59.0 Å². The first-order valence-electron chi connectivity index (χ1n) is 6.53. The zero-order valence-corrected chi connectivity index (χ0v) is 11.7. The van der Waals surface area contributed by atoms with E-state index in [2.05, 4.69) is 10.3 Å². The molecule has 0 radical (unpaired) electrons. The summed E-state index contributed by atoms with van der Waals surface area (Å²) in [6.07, 6.45) is 5.03. The van der Waals surface area contributed by atoms with Crippen molar-refractivity contribution in [3.8, 4) is 5.69 Å². The number of amides is 1. The van der Waals surface area contributed by atoms with Gasteiger partial charge in [-0.15, -0.1) is 0 Å². The maximum atomic E-state index is 12.0. The minimum Gasteiger partial charge on any atom is -0.368 e. The highest BCUT2D eigenvalue weighted by Gasteiger charge is 2.23. The van der Waals surface area contributed by atoms with Crippen LogP contribution in [-0.4, -0.2) is 28.2 Å². The smallest absolute Gasteiger partial charge is 0.253 e. The van der Waals surface area contributed by atoms with Gasteiger partial charge in [0, 0.05) is 30.4 Å². The molecule has 2 N–H and O–H groups in total. The summed E-state index contributed by atoms with van der Waals surface area (Å²) < 4.78 is 7.83. The minimum atomic E-state index is -0.326. The minimum absolute atomic E-state index is 0.0858. The molecule has 2 aromatic rings. The summed E-state index contributed by atoms with van der Waals surface area (Å²) in [6.45, 7) is 0.663. The van der Waals surface area contributed by atoms with Gasteiger partial charge in [0.2, 0.25) is 0 Å². The van der Waals surface area contributed by atoms with Crippen molar-refractivity contribution in [2.24, 2.45) is 0 Å². The quantitative estimate of drug-likeness (QED) is 0.854. The summed E-state index contributed by atoms with van der Waals surface area (Å²) in [7, 11) is 0. The molecule has 1 amide bonds. The third-order valence-electron chi connectivity index (χ3n) is 3.26. The van der Waals surface area contributed by atoms with Crippen LogP contribution in [0.4, 0.5) is 5.69 Å². The van der Waals surface area contributed by atoms with Crippen LogP contribution in [0.2, 0.25) is 0 Å². The molecule has 1 aromatic carbocycles. The molecule has 5 nitrogen and oxygen atoms in total. The maximum absolute atomic E-state index is 12.0. The second-order valence-corrected chi connectivity index (χ2v) is 5.06. The van der Waals surface area contributed by atoms with Crippen molar-refractivity contribution < 1.29 is 9.53 Å². The summed E-state index contributed by atoms with van der Waals surface area (Å²) in [5.74, 6) is -0.0858. The molecule has 0 bridgehead atoms. The molecule has 1 aliphatic rings. The number of imidazole rings is 1. The SMILES string of the molecule is O=C(Nc1cccc(-n2cc[nH]c2=S)c1)C1CCCO1. The Morgan fingerprint density at radius 1 is 1.50 bits per heavy atom. The molecule has 0 spiro atoms. The second-order valence-electron chi connectivity index (χ2n) is 4.68. The van der Waals surface area contributed by atoms with Gasteiger partial charge in [-0.1, -0.05) is 6.07 Å². The van der Waals surface area contributed by atoms with Crippen molar-refractivity contribution >= 4 is 23.8 Å². The van der Waals surface area contributed by atoms with E-state index in [1.165, 1.54) is 0 Å². The Kier molecular flexibility index (Phi) is 3.66. The number of anilines is 1. The summed E-state index contributed by atoms with van der Waals surface area (Å²) in [4.78, 5) is 15.0. The number of hydrogen-bond donors (Lipinski definition) is 2. The van der Waals surface area contributed by atoms with Crippen LogP contribution in [-0.2, 0) is 9.53 Å². The molecular weight excluding hydrogens is 274 g/mol. The molecule has 1 unspecified atom stereocenters. The highest BCUT2D eigenvalue weighted by atomic mass is 32.1. The fourth-order valence-electron chi connectivity index (χ4n) is 2.26. The number of nitrogens with one attached hydrogen (secondary N) is 2. The summed E-state index contributed by atoms with van der Waals surface area (Å²) in [5, 5.41) is 2.88. The van der Waals surface area contributed by atoms with Crippen LogP contribution in [0.3, 0.4) is 0 Å². The van der Waals surface area contributed by atoms with E-state index in [-0.39, 0.29) is 12.0 Å². The summed E-state index contributed by atoms with van der Waals surface area (Å²) >= 11 is 5.19. The van der Waals surface area contributed by atoms with E-state index in [4.69, 9.17) is 17.0 Å². The van der Waals surface area contributed by atoms with E-state index < -0.39 is 0 Å². The number of nitrogens with zero attached hydrogens (tertiary/aromatic N) is 1. The summed E-state index contributed by atoms with van der Waals surface area (Å²) in [5.41, 5.74) is 1.65. The Morgan fingerprint density at radius 3 is 3.10 bits per heavy atom. The van der Waals surface area contributed by atoms with Crippen molar-refractivity contribution in [3.63, 3.8) is 0 Å². The Hall–Kier alpha value is -1.92. The van der Waals surface area contributed by atoms with E-state index in [0.717, 1.165) is 24.2 Å². The lowest BCUT2D eigenvalue weighted by Crippen LogP contribution is -2.26. The first-order chi connectivity index (χ1) is 9.74. The molecular formula is C14H15N3O2S. The molecule has 2 heterocycles. The number of ether oxygens (including phenoxy) is 1. The molecule has 0 saturated carbocycles. The van der Waals surface area contributed by atoms with Crippen molar-refractivity contribution in [1.29, 1.82) is 0 Å². The number of aromatic nitrogens is 2. The average Bonchev–Trinajstić information content (AvgIpc) is 3.10. The van der Waals surface area contributed by atoms with Gasteiger partial charge >= 0.3 is 0 Å². The molecule has 1 fully saturated rings. The number of aromatic amines is 1. The van der Waals surface area contributed by atoms with Gasteiger partial charge in [-0.05, 0) is 43.3 Å². The van der Waals surface area contributed by atoms with E-state index in [1.807, 2.05) is 35.0 Å². The van der Waals surface area contributed by atoms with Crippen molar-refractivity contribution in [2.45, 2.75) is 18.9 Å². The van der Waals surface area contributed by atoms with E-state index in [1.54, 1.807) is 6.20 Å². The molecule has 6 heteroatoms. The highest BCUT2D eigenvalue weighted by molar-refractivity contribution is 7.71.